The molecule has 6 heteroatoms. The highest BCUT2D eigenvalue weighted by Gasteiger charge is 2.21. The van der Waals surface area contributed by atoms with Gasteiger partial charge in [-0.3, -0.25) is 10.1 Å². The first-order chi connectivity index (χ1) is 8.44. The topological polar surface area (TPSA) is 87.4 Å². The molecule has 1 atom stereocenters. The number of nitro benzene ring substituents is 1. The van der Waals surface area contributed by atoms with E-state index in [4.69, 9.17) is 0 Å². The predicted molar refractivity (Wildman–Crippen MR) is 72.0 cm³/mol. The molecule has 6 nitrogen and oxygen atoms in total. The van der Waals surface area contributed by atoms with Crippen LogP contribution in [0.4, 0.5) is 17.1 Å². The van der Waals surface area contributed by atoms with Gasteiger partial charge in [-0.05, 0) is 19.4 Å². The van der Waals surface area contributed by atoms with Gasteiger partial charge in [0.2, 0.25) is 0 Å². The minimum absolute atomic E-state index is 0.0146. The Balaban J connectivity index is 3.08. The number of nitro groups is 1. The van der Waals surface area contributed by atoms with Crippen molar-refractivity contribution < 1.29 is 10.0 Å². The van der Waals surface area contributed by atoms with Gasteiger partial charge in [-0.25, -0.2) is 0 Å². The number of hydrogen-bond acceptors (Lipinski definition) is 5. The lowest BCUT2D eigenvalue weighted by Gasteiger charge is -2.28. The zero-order valence-electron chi connectivity index (χ0n) is 10.9. The van der Waals surface area contributed by atoms with Crippen molar-refractivity contribution in [2.24, 2.45) is 0 Å². The van der Waals surface area contributed by atoms with Crippen molar-refractivity contribution in [3.05, 3.63) is 28.3 Å². The van der Waals surface area contributed by atoms with E-state index in [1.54, 1.807) is 13.1 Å². The Morgan fingerprint density at radius 1 is 1.39 bits per heavy atom. The summed E-state index contributed by atoms with van der Waals surface area (Å²) in [7, 11) is 1.70. The molecule has 1 unspecified atom stereocenters. The molecular weight excluding hydrogens is 234 g/mol. The van der Waals surface area contributed by atoms with Crippen molar-refractivity contribution >= 4 is 17.1 Å². The molecule has 0 saturated carbocycles. The molecule has 0 amide bonds. The molecule has 18 heavy (non-hydrogen) atoms. The molecule has 3 N–H and O–H groups in total. The molecule has 0 aliphatic carbocycles. The van der Waals surface area contributed by atoms with Crippen LogP contribution >= 0.6 is 0 Å². The van der Waals surface area contributed by atoms with E-state index in [-0.39, 0.29) is 12.3 Å². The number of benzene rings is 1. The third-order valence-electron chi connectivity index (χ3n) is 2.99. The van der Waals surface area contributed by atoms with Gasteiger partial charge in [0.25, 0.3) is 5.69 Å². The van der Waals surface area contributed by atoms with Gasteiger partial charge >= 0.3 is 0 Å². The summed E-state index contributed by atoms with van der Waals surface area (Å²) < 4.78 is 0. The minimum atomic E-state index is -0.486. The zero-order chi connectivity index (χ0) is 13.8. The Morgan fingerprint density at radius 3 is 2.44 bits per heavy atom. The van der Waals surface area contributed by atoms with Crippen LogP contribution in [0.15, 0.2) is 18.2 Å². The summed E-state index contributed by atoms with van der Waals surface area (Å²) >= 11 is 0. The van der Waals surface area contributed by atoms with Crippen molar-refractivity contribution in [2.45, 2.75) is 25.8 Å². The quantitative estimate of drug-likeness (QED) is 0.534. The Hall–Kier alpha value is -1.82. The summed E-state index contributed by atoms with van der Waals surface area (Å²) in [6, 6.07) is 4.70. The molecule has 100 valence electrons. The Kier molecular flexibility index (Phi) is 4.49. The molecule has 1 aromatic rings. The lowest BCUT2D eigenvalue weighted by molar-refractivity contribution is -0.384. The average Bonchev–Trinajstić information content (AvgIpc) is 2.38. The van der Waals surface area contributed by atoms with Crippen LogP contribution in [0.25, 0.3) is 0 Å². The second-order valence-electron chi connectivity index (χ2n) is 4.47. The number of anilines is 2. The summed E-state index contributed by atoms with van der Waals surface area (Å²) in [5, 5.41) is 26.2. The number of hydrogen-bond donors (Lipinski definition) is 3. The first-order valence-electron chi connectivity index (χ1n) is 5.80. The molecule has 0 aliphatic rings. The first kappa shape index (κ1) is 14.2. The number of nitrogens with zero attached hydrogens (tertiary/aromatic N) is 1. The van der Waals surface area contributed by atoms with Crippen LogP contribution in [-0.2, 0) is 0 Å². The molecule has 0 saturated heterocycles. The third-order valence-corrected chi connectivity index (χ3v) is 2.99. The van der Waals surface area contributed by atoms with Crippen molar-refractivity contribution in [2.75, 3.05) is 24.3 Å². The molecule has 1 rings (SSSR count). The van der Waals surface area contributed by atoms with Gasteiger partial charge in [0.1, 0.15) is 0 Å². The standard InChI is InChI=1S/C12H19N3O3/c1-4-12(2,8-16)14-10-5-9(13-3)6-11(7-10)15(17)18/h5-7,13-14,16H,4,8H2,1-3H3. The molecule has 1 aromatic carbocycles. The summed E-state index contributed by atoms with van der Waals surface area (Å²) in [6.45, 7) is 3.77. The van der Waals surface area contributed by atoms with Crippen LogP contribution in [0.5, 0.6) is 0 Å². The molecule has 0 aromatic heterocycles. The van der Waals surface area contributed by atoms with Gasteiger partial charge in [0.05, 0.1) is 17.1 Å². The highest BCUT2D eigenvalue weighted by Crippen LogP contribution is 2.27. The maximum Gasteiger partial charge on any atom is 0.273 e. The van der Waals surface area contributed by atoms with Crippen LogP contribution in [0.2, 0.25) is 0 Å². The molecule has 0 radical (unpaired) electrons. The molecule has 0 aliphatic heterocycles. The Morgan fingerprint density at radius 2 is 2.00 bits per heavy atom. The van der Waals surface area contributed by atoms with Crippen molar-refractivity contribution in [3.63, 3.8) is 0 Å². The van der Waals surface area contributed by atoms with E-state index in [0.717, 1.165) is 0 Å². The predicted octanol–water partition coefficient (Wildman–Crippen LogP) is 2.21. The SMILES string of the molecule is CCC(C)(CO)Nc1cc(NC)cc([N+](=O)[O-])c1. The fourth-order valence-corrected chi connectivity index (χ4v) is 1.52. The van der Waals surface area contributed by atoms with Gasteiger partial charge in [-0.2, -0.15) is 0 Å². The number of non-ortho nitro benzene ring substituents is 1. The highest BCUT2D eigenvalue weighted by molar-refractivity contribution is 5.64. The van der Waals surface area contributed by atoms with E-state index < -0.39 is 10.5 Å². The van der Waals surface area contributed by atoms with Crippen LogP contribution in [0.1, 0.15) is 20.3 Å². The monoisotopic (exact) mass is 253 g/mol. The van der Waals surface area contributed by atoms with Gasteiger partial charge in [-0.1, -0.05) is 6.92 Å². The highest BCUT2D eigenvalue weighted by atomic mass is 16.6. The van der Waals surface area contributed by atoms with E-state index in [0.29, 0.717) is 17.8 Å². The van der Waals surface area contributed by atoms with E-state index in [2.05, 4.69) is 10.6 Å². The average molecular weight is 253 g/mol. The zero-order valence-corrected chi connectivity index (χ0v) is 10.9. The summed E-state index contributed by atoms with van der Waals surface area (Å²) in [6.07, 6.45) is 0.709. The molecular formula is C12H19N3O3. The molecule has 0 heterocycles. The van der Waals surface area contributed by atoms with Crippen LogP contribution in [0.3, 0.4) is 0 Å². The fraction of sp³-hybridized carbons (Fsp3) is 0.500. The lowest BCUT2D eigenvalue weighted by Crippen LogP contribution is -2.37. The van der Waals surface area contributed by atoms with Crippen LogP contribution < -0.4 is 10.6 Å². The normalized spacial score (nSPS) is 13.8. The second kappa shape index (κ2) is 5.68. The van der Waals surface area contributed by atoms with Crippen LogP contribution in [-0.4, -0.2) is 29.2 Å². The van der Waals surface area contributed by atoms with Gasteiger partial charge < -0.3 is 15.7 Å². The third kappa shape index (κ3) is 3.33. The van der Waals surface area contributed by atoms with Crippen molar-refractivity contribution in [3.8, 4) is 0 Å². The fourth-order valence-electron chi connectivity index (χ4n) is 1.52. The van der Waals surface area contributed by atoms with Gasteiger partial charge in [0.15, 0.2) is 0 Å². The van der Waals surface area contributed by atoms with Crippen molar-refractivity contribution in [1.82, 2.24) is 0 Å². The summed E-state index contributed by atoms with van der Waals surface area (Å²) in [5.41, 5.74) is 0.802. The second-order valence-corrected chi connectivity index (χ2v) is 4.47. The van der Waals surface area contributed by atoms with E-state index in [1.807, 2.05) is 13.8 Å². The number of nitrogens with one attached hydrogen (secondary N) is 2. The number of rotatable bonds is 6. The van der Waals surface area contributed by atoms with Crippen LogP contribution in [0, 0.1) is 10.1 Å². The van der Waals surface area contributed by atoms with E-state index in [9.17, 15) is 15.2 Å². The van der Waals surface area contributed by atoms with E-state index >= 15 is 0 Å². The summed E-state index contributed by atoms with van der Waals surface area (Å²) in [4.78, 5) is 10.4. The Labute approximate surface area is 106 Å². The maximum absolute atomic E-state index is 10.8. The molecule has 0 spiro atoms. The van der Waals surface area contributed by atoms with Gasteiger partial charge in [0, 0.05) is 30.6 Å². The maximum atomic E-state index is 10.8. The molecule has 0 fully saturated rings. The van der Waals surface area contributed by atoms with E-state index in [1.165, 1.54) is 12.1 Å². The lowest BCUT2D eigenvalue weighted by atomic mass is 9.99. The minimum Gasteiger partial charge on any atom is -0.394 e. The largest absolute Gasteiger partial charge is 0.394 e. The number of aliphatic hydroxyl groups excluding tert-OH is 1. The smallest absolute Gasteiger partial charge is 0.273 e. The van der Waals surface area contributed by atoms with Crippen molar-refractivity contribution in [1.29, 1.82) is 0 Å². The number of aliphatic hydroxyl groups is 1. The van der Waals surface area contributed by atoms with Gasteiger partial charge in [-0.15, -0.1) is 0 Å². The molecule has 0 bridgehead atoms. The first-order valence-corrected chi connectivity index (χ1v) is 5.80. The summed E-state index contributed by atoms with van der Waals surface area (Å²) in [5.74, 6) is 0. The Bertz CT molecular complexity index is 431.